The van der Waals surface area contributed by atoms with Crippen LogP contribution in [0.2, 0.25) is 0 Å². The van der Waals surface area contributed by atoms with E-state index in [0.717, 1.165) is 12.3 Å². The number of esters is 1. The molecule has 0 saturated heterocycles. The first-order valence-electron chi connectivity index (χ1n) is 8.82. The van der Waals surface area contributed by atoms with Crippen LogP contribution in [0.1, 0.15) is 49.4 Å². The maximum Gasteiger partial charge on any atom is 0.306 e. The van der Waals surface area contributed by atoms with E-state index in [0.29, 0.717) is 29.5 Å². The second-order valence-corrected chi connectivity index (χ2v) is 7.20. The lowest BCUT2D eigenvalue weighted by Crippen LogP contribution is -2.31. The van der Waals surface area contributed by atoms with E-state index in [2.05, 4.69) is 5.32 Å². The lowest BCUT2D eigenvalue weighted by molar-refractivity contribution is -0.154. The Morgan fingerprint density at radius 3 is 2.48 bits per heavy atom. The van der Waals surface area contributed by atoms with Crippen molar-refractivity contribution in [3.05, 3.63) is 29.8 Å². The van der Waals surface area contributed by atoms with E-state index in [9.17, 15) is 14.4 Å². The smallest absolute Gasteiger partial charge is 0.306 e. The first kappa shape index (κ1) is 17.5. The molecular formula is C19H24N2O4. The zero-order valence-electron chi connectivity index (χ0n) is 14.4. The molecule has 2 bridgehead atoms. The van der Waals surface area contributed by atoms with Gasteiger partial charge in [-0.15, -0.1) is 0 Å². The number of hydrogen-bond donors (Lipinski definition) is 2. The van der Waals surface area contributed by atoms with Crippen LogP contribution in [0.3, 0.4) is 0 Å². The third kappa shape index (κ3) is 4.18. The number of carbonyl (C=O) groups is 3. The van der Waals surface area contributed by atoms with Gasteiger partial charge in [0.25, 0.3) is 5.91 Å². The molecule has 0 aliphatic heterocycles. The molecule has 0 aromatic heterocycles. The largest absolute Gasteiger partial charge is 0.453 e. The summed E-state index contributed by atoms with van der Waals surface area (Å²) in [5, 5.41) is 2.67. The number of anilines is 1. The van der Waals surface area contributed by atoms with Gasteiger partial charge in [-0.1, -0.05) is 6.42 Å². The SMILES string of the molecule is C[C@H](OC(=O)C[C@H]1C[C@H]2CC[C@H]1C2)C(=O)Nc1ccc(C(N)=O)cc1. The van der Waals surface area contributed by atoms with E-state index in [1.54, 1.807) is 19.1 Å². The van der Waals surface area contributed by atoms with Gasteiger partial charge in [0.2, 0.25) is 5.91 Å². The molecule has 2 aliphatic carbocycles. The molecule has 0 spiro atoms. The minimum atomic E-state index is -0.859. The Balaban J connectivity index is 1.46. The molecule has 4 atom stereocenters. The number of nitrogens with two attached hydrogens (primary N) is 1. The van der Waals surface area contributed by atoms with Crippen molar-refractivity contribution in [2.75, 3.05) is 5.32 Å². The molecule has 134 valence electrons. The van der Waals surface area contributed by atoms with Crippen molar-refractivity contribution in [2.24, 2.45) is 23.5 Å². The number of benzene rings is 1. The van der Waals surface area contributed by atoms with Crippen molar-refractivity contribution in [1.82, 2.24) is 0 Å². The van der Waals surface area contributed by atoms with Crippen LogP contribution >= 0.6 is 0 Å². The number of carbonyl (C=O) groups excluding carboxylic acids is 3. The Morgan fingerprint density at radius 2 is 1.92 bits per heavy atom. The molecule has 3 rings (SSSR count). The molecule has 2 saturated carbocycles. The monoisotopic (exact) mass is 344 g/mol. The summed E-state index contributed by atoms with van der Waals surface area (Å²) in [6.45, 7) is 1.56. The summed E-state index contributed by atoms with van der Waals surface area (Å²) < 4.78 is 5.29. The fourth-order valence-corrected chi connectivity index (χ4v) is 4.10. The molecule has 2 amide bonds. The molecule has 0 radical (unpaired) electrons. The van der Waals surface area contributed by atoms with Gasteiger partial charge in [-0.25, -0.2) is 0 Å². The number of ether oxygens (including phenoxy) is 1. The molecule has 1 aromatic rings. The summed E-state index contributed by atoms with van der Waals surface area (Å²) in [5.41, 5.74) is 6.06. The number of primary amides is 1. The van der Waals surface area contributed by atoms with Crippen molar-refractivity contribution in [1.29, 1.82) is 0 Å². The van der Waals surface area contributed by atoms with Gasteiger partial charge >= 0.3 is 5.97 Å². The highest BCUT2D eigenvalue weighted by Gasteiger charge is 2.40. The van der Waals surface area contributed by atoms with E-state index in [1.807, 2.05) is 0 Å². The number of hydrogen-bond acceptors (Lipinski definition) is 4. The van der Waals surface area contributed by atoms with Crippen LogP contribution in [-0.2, 0) is 14.3 Å². The highest BCUT2D eigenvalue weighted by molar-refractivity contribution is 5.96. The molecule has 2 fully saturated rings. The third-order valence-corrected chi connectivity index (χ3v) is 5.43. The van der Waals surface area contributed by atoms with Gasteiger partial charge in [-0.05, 0) is 68.2 Å². The van der Waals surface area contributed by atoms with Crippen LogP contribution in [0.5, 0.6) is 0 Å². The van der Waals surface area contributed by atoms with Gasteiger partial charge in [0.1, 0.15) is 0 Å². The standard InChI is InChI=1S/C19H24N2O4/c1-11(19(24)21-16-6-4-13(5-7-16)18(20)23)25-17(22)10-15-9-12-2-3-14(15)8-12/h4-7,11-12,14-15H,2-3,8-10H2,1H3,(H2,20,23)(H,21,24)/t11-,12-,14-,15+/m0/s1. The lowest BCUT2D eigenvalue weighted by atomic mass is 9.86. The van der Waals surface area contributed by atoms with Gasteiger partial charge in [-0.3, -0.25) is 14.4 Å². The van der Waals surface area contributed by atoms with Crippen LogP contribution in [-0.4, -0.2) is 23.9 Å². The Morgan fingerprint density at radius 1 is 1.20 bits per heavy atom. The predicted molar refractivity (Wildman–Crippen MR) is 92.7 cm³/mol. The fourth-order valence-electron chi connectivity index (χ4n) is 4.10. The summed E-state index contributed by atoms with van der Waals surface area (Å²) in [6, 6.07) is 6.23. The summed E-state index contributed by atoms with van der Waals surface area (Å²) in [5.74, 6) is 0.637. The quantitative estimate of drug-likeness (QED) is 0.775. The maximum atomic E-state index is 12.2. The van der Waals surface area contributed by atoms with Gasteiger partial charge in [0.05, 0.1) is 0 Å². The first-order valence-corrected chi connectivity index (χ1v) is 8.82. The number of amides is 2. The number of nitrogens with one attached hydrogen (secondary N) is 1. The Kier molecular flexibility index (Phi) is 5.06. The van der Waals surface area contributed by atoms with E-state index in [1.165, 1.54) is 31.4 Å². The second kappa shape index (κ2) is 7.25. The third-order valence-electron chi connectivity index (χ3n) is 5.43. The van der Waals surface area contributed by atoms with Crippen molar-refractivity contribution in [2.45, 2.75) is 45.1 Å². The summed E-state index contributed by atoms with van der Waals surface area (Å²) in [7, 11) is 0. The minimum Gasteiger partial charge on any atom is -0.453 e. The zero-order valence-corrected chi connectivity index (χ0v) is 14.4. The van der Waals surface area contributed by atoms with Gasteiger partial charge < -0.3 is 15.8 Å². The highest BCUT2D eigenvalue weighted by atomic mass is 16.5. The molecule has 6 nitrogen and oxygen atoms in total. The molecule has 0 heterocycles. The molecule has 2 aliphatic rings. The summed E-state index contributed by atoms with van der Waals surface area (Å²) >= 11 is 0. The Labute approximate surface area is 147 Å². The van der Waals surface area contributed by atoms with Crippen LogP contribution < -0.4 is 11.1 Å². The minimum absolute atomic E-state index is 0.302. The molecule has 6 heteroatoms. The van der Waals surface area contributed by atoms with E-state index in [-0.39, 0.29) is 5.97 Å². The van der Waals surface area contributed by atoms with Crippen molar-refractivity contribution < 1.29 is 19.1 Å². The Hall–Kier alpha value is -2.37. The van der Waals surface area contributed by atoms with Crippen LogP contribution in [0.25, 0.3) is 0 Å². The van der Waals surface area contributed by atoms with Crippen LogP contribution in [0.4, 0.5) is 5.69 Å². The van der Waals surface area contributed by atoms with Gasteiger partial charge in [0, 0.05) is 17.7 Å². The first-order chi connectivity index (χ1) is 11.9. The molecule has 0 unspecified atom stereocenters. The molecule has 25 heavy (non-hydrogen) atoms. The van der Waals surface area contributed by atoms with Crippen molar-refractivity contribution in [3.8, 4) is 0 Å². The zero-order chi connectivity index (χ0) is 18.0. The van der Waals surface area contributed by atoms with Crippen LogP contribution in [0, 0.1) is 17.8 Å². The van der Waals surface area contributed by atoms with E-state index < -0.39 is 17.9 Å². The topological polar surface area (TPSA) is 98.5 Å². The van der Waals surface area contributed by atoms with Gasteiger partial charge in [-0.2, -0.15) is 0 Å². The lowest BCUT2D eigenvalue weighted by Gasteiger charge is -2.21. The predicted octanol–water partition coefficient (Wildman–Crippen LogP) is 2.48. The fraction of sp³-hybridized carbons (Fsp3) is 0.526. The highest BCUT2D eigenvalue weighted by Crippen LogP contribution is 2.49. The number of fused-ring (bicyclic) bond motifs is 2. The van der Waals surface area contributed by atoms with Gasteiger partial charge in [0.15, 0.2) is 6.10 Å². The van der Waals surface area contributed by atoms with Crippen LogP contribution in [0.15, 0.2) is 24.3 Å². The van der Waals surface area contributed by atoms with E-state index >= 15 is 0 Å². The average Bonchev–Trinajstić information content (AvgIpc) is 3.17. The van der Waals surface area contributed by atoms with Crippen molar-refractivity contribution in [3.63, 3.8) is 0 Å². The maximum absolute atomic E-state index is 12.2. The van der Waals surface area contributed by atoms with E-state index in [4.69, 9.17) is 10.5 Å². The number of rotatable bonds is 6. The van der Waals surface area contributed by atoms with Crippen molar-refractivity contribution >= 4 is 23.5 Å². The summed E-state index contributed by atoms with van der Waals surface area (Å²) in [6.07, 6.45) is 4.43. The molecule has 3 N–H and O–H groups in total. The molecular weight excluding hydrogens is 320 g/mol. The summed E-state index contributed by atoms with van der Waals surface area (Å²) in [4.78, 5) is 35.3. The average molecular weight is 344 g/mol. The normalized spacial score (nSPS) is 25.4. The Bertz CT molecular complexity index is 671. The second-order valence-electron chi connectivity index (χ2n) is 7.20. The molecule has 1 aromatic carbocycles.